The molecular weight excluding hydrogens is 348 g/mol. The van der Waals surface area contributed by atoms with Crippen molar-refractivity contribution in [1.29, 1.82) is 0 Å². The van der Waals surface area contributed by atoms with Crippen molar-refractivity contribution in [2.24, 2.45) is 0 Å². The number of rotatable bonds is 6. The molecule has 0 saturated heterocycles. The summed E-state index contributed by atoms with van der Waals surface area (Å²) in [4.78, 5) is 12.3. The maximum atomic E-state index is 12.3. The zero-order chi connectivity index (χ0) is 17.6. The van der Waals surface area contributed by atoms with Gasteiger partial charge in [0, 0.05) is 17.6 Å². The van der Waals surface area contributed by atoms with Gasteiger partial charge in [-0.05, 0) is 24.5 Å². The normalized spacial score (nSPS) is 16.8. The van der Waals surface area contributed by atoms with Crippen molar-refractivity contribution in [3.63, 3.8) is 0 Å². The number of sulfonamides is 1. The van der Waals surface area contributed by atoms with Crippen molar-refractivity contribution in [2.45, 2.75) is 51.1 Å². The first-order chi connectivity index (χ1) is 11.4. The standard InChI is InChI=1S/C17H25ClN2O3S/c1-24(22,23)20(15-9-4-2-3-5-10-15)13-17(21)19-12-14-8-6-7-11-16(14)18/h6-8,11,15H,2-5,9-10,12-13H2,1H3,(H,19,21). The Bertz CT molecular complexity index is 656. The number of carbonyl (C=O) groups is 1. The fraction of sp³-hybridized carbons (Fsp3) is 0.588. The lowest BCUT2D eigenvalue weighted by atomic mass is 10.1. The molecule has 2 rings (SSSR count). The number of hydrogen-bond donors (Lipinski definition) is 1. The van der Waals surface area contributed by atoms with Crippen LogP contribution in [0.5, 0.6) is 0 Å². The second kappa shape index (κ2) is 8.83. The SMILES string of the molecule is CS(=O)(=O)N(CC(=O)NCc1ccccc1Cl)C1CCCCCC1. The monoisotopic (exact) mass is 372 g/mol. The molecule has 0 bridgehead atoms. The summed E-state index contributed by atoms with van der Waals surface area (Å²) in [6.45, 7) is 0.161. The molecule has 1 aliphatic rings. The second-order valence-electron chi connectivity index (χ2n) is 6.32. The molecule has 5 nitrogen and oxygen atoms in total. The second-order valence-corrected chi connectivity index (χ2v) is 8.66. The first-order valence-corrected chi connectivity index (χ1v) is 10.6. The van der Waals surface area contributed by atoms with Crippen LogP contribution in [-0.2, 0) is 21.4 Å². The average molecular weight is 373 g/mol. The Kier molecular flexibility index (Phi) is 7.07. The third-order valence-electron chi connectivity index (χ3n) is 4.39. The van der Waals surface area contributed by atoms with E-state index in [1.165, 1.54) is 10.6 Å². The maximum Gasteiger partial charge on any atom is 0.235 e. The van der Waals surface area contributed by atoms with Gasteiger partial charge in [-0.15, -0.1) is 0 Å². The highest BCUT2D eigenvalue weighted by molar-refractivity contribution is 7.88. The number of nitrogens with one attached hydrogen (secondary N) is 1. The van der Waals surface area contributed by atoms with Crippen molar-refractivity contribution in [3.8, 4) is 0 Å². The Morgan fingerprint density at radius 3 is 2.42 bits per heavy atom. The summed E-state index contributed by atoms with van der Waals surface area (Å²) in [5.41, 5.74) is 0.813. The molecule has 7 heteroatoms. The van der Waals surface area contributed by atoms with E-state index in [9.17, 15) is 13.2 Å². The van der Waals surface area contributed by atoms with Crippen LogP contribution in [0, 0.1) is 0 Å². The van der Waals surface area contributed by atoms with Gasteiger partial charge in [0.1, 0.15) is 0 Å². The number of benzene rings is 1. The molecule has 24 heavy (non-hydrogen) atoms. The molecule has 0 unspecified atom stereocenters. The van der Waals surface area contributed by atoms with E-state index in [1.807, 2.05) is 18.2 Å². The Balaban J connectivity index is 1.98. The zero-order valence-electron chi connectivity index (χ0n) is 14.0. The third-order valence-corrected chi connectivity index (χ3v) is 6.04. The molecule has 1 aromatic carbocycles. The molecule has 1 saturated carbocycles. The van der Waals surface area contributed by atoms with Gasteiger partial charge in [0.25, 0.3) is 0 Å². The molecule has 0 atom stereocenters. The summed E-state index contributed by atoms with van der Waals surface area (Å²) < 4.78 is 25.6. The van der Waals surface area contributed by atoms with Crippen LogP contribution in [0.25, 0.3) is 0 Å². The van der Waals surface area contributed by atoms with E-state index in [4.69, 9.17) is 11.6 Å². The van der Waals surface area contributed by atoms with Gasteiger partial charge < -0.3 is 5.32 Å². The van der Waals surface area contributed by atoms with Gasteiger partial charge in [-0.25, -0.2) is 8.42 Å². The molecule has 0 heterocycles. The highest BCUT2D eigenvalue weighted by Crippen LogP contribution is 2.23. The van der Waals surface area contributed by atoms with Gasteiger partial charge in [-0.3, -0.25) is 4.79 Å². The van der Waals surface area contributed by atoms with Gasteiger partial charge in [0.05, 0.1) is 12.8 Å². The highest BCUT2D eigenvalue weighted by atomic mass is 35.5. The minimum Gasteiger partial charge on any atom is -0.351 e. The molecule has 0 spiro atoms. The lowest BCUT2D eigenvalue weighted by Gasteiger charge is -2.28. The van der Waals surface area contributed by atoms with Crippen LogP contribution < -0.4 is 5.32 Å². The van der Waals surface area contributed by atoms with E-state index in [1.54, 1.807) is 6.07 Å². The largest absolute Gasteiger partial charge is 0.351 e. The zero-order valence-corrected chi connectivity index (χ0v) is 15.6. The molecule has 1 aliphatic carbocycles. The van der Waals surface area contributed by atoms with E-state index in [-0.39, 0.29) is 18.5 Å². The van der Waals surface area contributed by atoms with Gasteiger partial charge in [0.15, 0.2) is 0 Å². The van der Waals surface area contributed by atoms with Crippen LogP contribution in [0.2, 0.25) is 5.02 Å². The van der Waals surface area contributed by atoms with Crippen molar-refractivity contribution in [3.05, 3.63) is 34.9 Å². The van der Waals surface area contributed by atoms with Crippen molar-refractivity contribution >= 4 is 27.5 Å². The summed E-state index contributed by atoms with van der Waals surface area (Å²) in [6, 6.07) is 7.19. The minimum atomic E-state index is -3.42. The predicted octanol–water partition coefficient (Wildman–Crippen LogP) is 2.94. The van der Waals surface area contributed by atoms with Gasteiger partial charge >= 0.3 is 0 Å². The first-order valence-electron chi connectivity index (χ1n) is 8.35. The quantitative estimate of drug-likeness (QED) is 0.780. The Labute approximate surface area is 149 Å². The lowest BCUT2D eigenvalue weighted by molar-refractivity contribution is -0.121. The molecule has 0 aromatic heterocycles. The van der Waals surface area contributed by atoms with E-state index in [0.29, 0.717) is 11.6 Å². The van der Waals surface area contributed by atoms with Crippen LogP contribution in [0.3, 0.4) is 0 Å². The van der Waals surface area contributed by atoms with Crippen molar-refractivity contribution in [1.82, 2.24) is 9.62 Å². The van der Waals surface area contributed by atoms with E-state index < -0.39 is 10.0 Å². The Morgan fingerprint density at radius 1 is 1.21 bits per heavy atom. The third kappa shape index (κ3) is 5.76. The van der Waals surface area contributed by atoms with Crippen LogP contribution in [0.1, 0.15) is 44.1 Å². The predicted molar refractivity (Wildman–Crippen MR) is 96.3 cm³/mol. The summed E-state index contributed by atoms with van der Waals surface area (Å²) in [6.07, 6.45) is 7.12. The number of halogens is 1. The van der Waals surface area contributed by atoms with Crippen molar-refractivity contribution in [2.75, 3.05) is 12.8 Å². The first kappa shape index (κ1) is 19.2. The van der Waals surface area contributed by atoms with Crippen molar-refractivity contribution < 1.29 is 13.2 Å². The van der Waals surface area contributed by atoms with Crippen LogP contribution in [0.4, 0.5) is 0 Å². The topological polar surface area (TPSA) is 66.5 Å². The molecule has 1 N–H and O–H groups in total. The molecule has 134 valence electrons. The van der Waals surface area contributed by atoms with Gasteiger partial charge in [-0.2, -0.15) is 4.31 Å². The summed E-state index contributed by atoms with van der Waals surface area (Å²) in [5, 5.41) is 3.35. The minimum absolute atomic E-state index is 0.0754. The van der Waals surface area contributed by atoms with Crippen LogP contribution in [-0.4, -0.2) is 37.5 Å². The summed E-state index contributed by atoms with van der Waals surface area (Å²) in [7, 11) is -3.42. The molecular formula is C17H25ClN2O3S. The number of amides is 1. The lowest BCUT2D eigenvalue weighted by Crippen LogP contribution is -2.45. The number of nitrogens with zero attached hydrogens (tertiary/aromatic N) is 1. The molecule has 1 fully saturated rings. The molecule has 0 aliphatic heterocycles. The smallest absolute Gasteiger partial charge is 0.235 e. The van der Waals surface area contributed by atoms with Crippen LogP contribution in [0.15, 0.2) is 24.3 Å². The maximum absolute atomic E-state index is 12.3. The number of hydrogen-bond acceptors (Lipinski definition) is 3. The van der Waals surface area contributed by atoms with Gasteiger partial charge in [0.2, 0.25) is 15.9 Å². The van der Waals surface area contributed by atoms with E-state index in [2.05, 4.69) is 5.32 Å². The Morgan fingerprint density at radius 2 is 1.83 bits per heavy atom. The number of carbonyl (C=O) groups excluding carboxylic acids is 1. The van der Waals surface area contributed by atoms with E-state index in [0.717, 1.165) is 44.1 Å². The average Bonchev–Trinajstić information content (AvgIpc) is 2.79. The molecule has 1 amide bonds. The van der Waals surface area contributed by atoms with E-state index >= 15 is 0 Å². The fourth-order valence-electron chi connectivity index (χ4n) is 3.10. The Hall–Kier alpha value is -1.11. The summed E-state index contributed by atoms with van der Waals surface area (Å²) in [5.74, 6) is -0.301. The molecule has 0 radical (unpaired) electrons. The highest BCUT2D eigenvalue weighted by Gasteiger charge is 2.29. The molecule has 1 aromatic rings. The fourth-order valence-corrected chi connectivity index (χ4v) is 4.40. The van der Waals surface area contributed by atoms with Crippen LogP contribution >= 0.6 is 11.6 Å². The van der Waals surface area contributed by atoms with Gasteiger partial charge in [-0.1, -0.05) is 55.5 Å². The summed E-state index contributed by atoms with van der Waals surface area (Å²) >= 11 is 6.07.